The lowest BCUT2D eigenvalue weighted by atomic mass is 9.92. The number of carbonyl (C=O) groups excluding carboxylic acids is 1. The lowest BCUT2D eigenvalue weighted by Gasteiger charge is -2.22. The number of nitrogens with zero attached hydrogens (tertiary/aromatic N) is 1. The van der Waals surface area contributed by atoms with E-state index in [9.17, 15) is 17.6 Å². The van der Waals surface area contributed by atoms with E-state index in [2.05, 4.69) is 5.32 Å². The van der Waals surface area contributed by atoms with Crippen molar-refractivity contribution in [3.63, 3.8) is 0 Å². The fourth-order valence-electron chi connectivity index (χ4n) is 2.95. The van der Waals surface area contributed by atoms with Crippen molar-refractivity contribution in [2.75, 3.05) is 18.9 Å². The largest absolute Gasteiger partial charge is 0.324 e. The molecule has 0 aliphatic heterocycles. The highest BCUT2D eigenvalue weighted by Crippen LogP contribution is 2.32. The molecule has 152 valence electrons. The third-order valence-electron chi connectivity index (χ3n) is 4.53. The van der Waals surface area contributed by atoms with Crippen molar-refractivity contribution in [1.29, 1.82) is 0 Å². The molecule has 7 heteroatoms. The summed E-state index contributed by atoms with van der Waals surface area (Å²) >= 11 is 0. The van der Waals surface area contributed by atoms with Crippen LogP contribution in [0.15, 0.2) is 47.4 Å². The van der Waals surface area contributed by atoms with Gasteiger partial charge in [0.1, 0.15) is 5.82 Å². The van der Waals surface area contributed by atoms with Crippen molar-refractivity contribution in [3.05, 3.63) is 59.4 Å². The molecule has 1 amide bonds. The van der Waals surface area contributed by atoms with Gasteiger partial charge in [0.2, 0.25) is 15.9 Å². The molecule has 0 bridgehead atoms. The first-order valence-corrected chi connectivity index (χ1v) is 10.6. The van der Waals surface area contributed by atoms with Crippen LogP contribution in [0.25, 0.3) is 0 Å². The van der Waals surface area contributed by atoms with Crippen LogP contribution in [0, 0.1) is 5.82 Å². The molecule has 2 rings (SSSR count). The monoisotopic (exact) mass is 406 g/mol. The smallest absolute Gasteiger partial charge is 0.243 e. The van der Waals surface area contributed by atoms with E-state index in [4.69, 9.17) is 0 Å². The Bertz CT molecular complexity index is 912. The first-order chi connectivity index (χ1) is 13.0. The summed E-state index contributed by atoms with van der Waals surface area (Å²) in [6, 6.07) is 10.4. The molecule has 1 N–H and O–H groups in total. The molecule has 5 nitrogen and oxygen atoms in total. The molecule has 28 heavy (non-hydrogen) atoms. The number of hydrogen-bond acceptors (Lipinski definition) is 3. The van der Waals surface area contributed by atoms with Gasteiger partial charge in [0.15, 0.2) is 0 Å². The van der Waals surface area contributed by atoms with Crippen LogP contribution in [0.5, 0.6) is 0 Å². The van der Waals surface area contributed by atoms with Crippen molar-refractivity contribution in [2.45, 2.75) is 44.4 Å². The van der Waals surface area contributed by atoms with E-state index in [1.807, 2.05) is 45.9 Å². The second-order valence-corrected chi connectivity index (χ2v) is 9.43. The first kappa shape index (κ1) is 22.0. The zero-order valence-corrected chi connectivity index (χ0v) is 17.7. The van der Waals surface area contributed by atoms with Crippen molar-refractivity contribution in [3.8, 4) is 0 Å². The van der Waals surface area contributed by atoms with Crippen LogP contribution in [-0.4, -0.2) is 32.2 Å². The topological polar surface area (TPSA) is 66.5 Å². The lowest BCUT2D eigenvalue weighted by Crippen LogP contribution is -2.35. The van der Waals surface area contributed by atoms with Crippen LogP contribution in [-0.2, 0) is 14.8 Å². The third kappa shape index (κ3) is 4.97. The molecule has 2 aromatic rings. The second-order valence-electron chi connectivity index (χ2n) is 7.38. The summed E-state index contributed by atoms with van der Waals surface area (Å²) in [5.41, 5.74) is 2.75. The number of anilines is 1. The Morgan fingerprint density at radius 1 is 1.00 bits per heavy atom. The molecule has 0 fully saturated rings. The summed E-state index contributed by atoms with van der Waals surface area (Å²) < 4.78 is 39.2. The Morgan fingerprint density at radius 2 is 1.50 bits per heavy atom. The Balaban J connectivity index is 2.23. The van der Waals surface area contributed by atoms with Crippen molar-refractivity contribution >= 4 is 21.6 Å². The van der Waals surface area contributed by atoms with E-state index in [1.165, 1.54) is 19.2 Å². The Labute approximate surface area is 166 Å². The van der Waals surface area contributed by atoms with Crippen LogP contribution >= 0.6 is 0 Å². The average Bonchev–Trinajstić information content (AvgIpc) is 2.61. The maximum atomic E-state index is 13.1. The second kappa shape index (κ2) is 8.84. The highest BCUT2D eigenvalue weighted by Gasteiger charge is 2.24. The van der Waals surface area contributed by atoms with E-state index >= 15 is 0 Å². The predicted octanol–water partition coefficient (Wildman–Crippen LogP) is 4.33. The van der Waals surface area contributed by atoms with Gasteiger partial charge in [-0.15, -0.1) is 0 Å². The lowest BCUT2D eigenvalue weighted by molar-refractivity contribution is -0.116. The maximum Gasteiger partial charge on any atom is 0.243 e. The molecule has 0 atom stereocenters. The molecule has 0 heterocycles. The number of sulfonamides is 1. The number of rotatable bonds is 7. The Morgan fingerprint density at radius 3 is 1.96 bits per heavy atom. The highest BCUT2D eigenvalue weighted by molar-refractivity contribution is 7.89. The minimum Gasteiger partial charge on any atom is -0.324 e. The molecular formula is C21H27FN2O3S. The molecule has 0 spiro atoms. The van der Waals surface area contributed by atoms with Crippen LogP contribution in [0.2, 0.25) is 0 Å². The van der Waals surface area contributed by atoms with E-state index in [-0.39, 0.29) is 23.3 Å². The van der Waals surface area contributed by atoms with Crippen molar-refractivity contribution in [1.82, 2.24) is 4.31 Å². The summed E-state index contributed by atoms with van der Waals surface area (Å²) in [7, 11) is -2.56. The molecule has 2 aromatic carbocycles. The maximum absolute atomic E-state index is 13.1. The number of para-hydroxylation sites is 1. The number of halogens is 1. The zero-order valence-electron chi connectivity index (χ0n) is 16.9. The predicted molar refractivity (Wildman–Crippen MR) is 109 cm³/mol. The van der Waals surface area contributed by atoms with Crippen LogP contribution in [0.3, 0.4) is 0 Å². The van der Waals surface area contributed by atoms with Gasteiger partial charge in [0.25, 0.3) is 0 Å². The van der Waals surface area contributed by atoms with Gasteiger partial charge in [-0.05, 0) is 47.2 Å². The molecule has 0 aromatic heterocycles. The van der Waals surface area contributed by atoms with Gasteiger partial charge < -0.3 is 5.32 Å². The molecule has 0 saturated carbocycles. The molecule has 0 radical (unpaired) electrons. The molecule has 0 aliphatic rings. The number of carbonyl (C=O) groups is 1. The van der Waals surface area contributed by atoms with Gasteiger partial charge in [0, 0.05) is 12.7 Å². The zero-order chi connectivity index (χ0) is 21.1. The van der Waals surface area contributed by atoms with Gasteiger partial charge in [-0.2, -0.15) is 4.31 Å². The first-order valence-electron chi connectivity index (χ1n) is 9.18. The highest BCUT2D eigenvalue weighted by atomic mass is 32.2. The SMILES string of the molecule is CC(C)c1cccc(C(C)C)c1NC(=O)CN(C)S(=O)(=O)c1ccc(F)cc1. The standard InChI is InChI=1S/C21H27FN2O3S/c1-14(2)18-7-6-8-19(15(3)4)21(18)23-20(25)13-24(5)28(26,27)17-11-9-16(22)10-12-17/h6-12,14-15H,13H2,1-5H3,(H,23,25). The molecule has 0 aliphatic carbocycles. The van der Waals surface area contributed by atoms with E-state index in [0.717, 1.165) is 33.3 Å². The fourth-order valence-corrected chi connectivity index (χ4v) is 4.08. The summed E-state index contributed by atoms with van der Waals surface area (Å²) in [5, 5.41) is 2.90. The Kier molecular flexibility index (Phi) is 6.96. The molecular weight excluding hydrogens is 379 g/mol. The molecule has 0 saturated heterocycles. The number of nitrogens with one attached hydrogen (secondary N) is 1. The van der Waals surface area contributed by atoms with Crippen LogP contribution in [0.4, 0.5) is 10.1 Å². The number of hydrogen-bond donors (Lipinski definition) is 1. The fraction of sp³-hybridized carbons (Fsp3) is 0.381. The Hall–Kier alpha value is -2.25. The van der Waals surface area contributed by atoms with Crippen molar-refractivity contribution in [2.24, 2.45) is 0 Å². The summed E-state index contributed by atoms with van der Waals surface area (Å²) in [5.74, 6) is -0.543. The average molecular weight is 407 g/mol. The van der Waals surface area contributed by atoms with Crippen LogP contribution < -0.4 is 5.32 Å². The number of amides is 1. The van der Waals surface area contributed by atoms with Gasteiger partial charge in [0.05, 0.1) is 11.4 Å². The van der Waals surface area contributed by atoms with E-state index < -0.39 is 21.7 Å². The van der Waals surface area contributed by atoms with Gasteiger partial charge in [-0.1, -0.05) is 45.9 Å². The minimum absolute atomic E-state index is 0.0605. The summed E-state index contributed by atoms with van der Waals surface area (Å²) in [6.07, 6.45) is 0. The summed E-state index contributed by atoms with van der Waals surface area (Å²) in [4.78, 5) is 12.6. The van der Waals surface area contributed by atoms with Gasteiger partial charge in [-0.3, -0.25) is 4.79 Å². The third-order valence-corrected chi connectivity index (χ3v) is 6.34. The number of benzene rings is 2. The number of likely N-dealkylation sites (N-methyl/N-ethyl adjacent to an activating group) is 1. The summed E-state index contributed by atoms with van der Waals surface area (Å²) in [6.45, 7) is 7.82. The van der Waals surface area contributed by atoms with E-state index in [0.29, 0.717) is 0 Å². The molecule has 0 unspecified atom stereocenters. The van der Waals surface area contributed by atoms with Gasteiger partial charge in [-0.25, -0.2) is 12.8 Å². The van der Waals surface area contributed by atoms with Gasteiger partial charge >= 0.3 is 0 Å². The normalized spacial score (nSPS) is 12.0. The minimum atomic E-state index is -3.89. The van der Waals surface area contributed by atoms with Crippen LogP contribution in [0.1, 0.15) is 50.7 Å². The van der Waals surface area contributed by atoms with E-state index in [1.54, 1.807) is 0 Å². The quantitative estimate of drug-likeness (QED) is 0.744. The van der Waals surface area contributed by atoms with Crippen molar-refractivity contribution < 1.29 is 17.6 Å².